The van der Waals surface area contributed by atoms with E-state index >= 15 is 0 Å². The highest BCUT2D eigenvalue weighted by molar-refractivity contribution is 8.01. The van der Waals surface area contributed by atoms with E-state index in [1.54, 1.807) is 12.1 Å². The van der Waals surface area contributed by atoms with Crippen molar-refractivity contribution in [2.45, 2.75) is 16.6 Å². The first kappa shape index (κ1) is 14.6. The smallest absolute Gasteiger partial charge is 0.238 e. The van der Waals surface area contributed by atoms with Crippen LogP contribution in [0, 0.1) is 5.82 Å². The van der Waals surface area contributed by atoms with Gasteiger partial charge in [-0.15, -0.1) is 11.8 Å². The Hall–Kier alpha value is -2.34. The first-order valence-corrected chi connectivity index (χ1v) is 7.62. The molecular formula is C16H13FN2O2S. The van der Waals surface area contributed by atoms with E-state index in [1.165, 1.54) is 23.9 Å². The molecule has 2 aromatic rings. The molecule has 0 radical (unpaired) electrons. The molecule has 0 saturated heterocycles. The van der Waals surface area contributed by atoms with Gasteiger partial charge in [0.1, 0.15) is 5.82 Å². The quantitative estimate of drug-likeness (QED) is 0.914. The molecule has 1 atom stereocenters. The summed E-state index contributed by atoms with van der Waals surface area (Å²) in [5.74, 6) is -1.11. The van der Waals surface area contributed by atoms with Crippen molar-refractivity contribution in [1.29, 1.82) is 0 Å². The number of thioether (sulfide) groups is 1. The minimum atomic E-state index is -0.526. The zero-order valence-corrected chi connectivity index (χ0v) is 12.3. The minimum absolute atomic E-state index is 0.0147. The molecule has 1 heterocycles. The Morgan fingerprint density at radius 2 is 1.91 bits per heavy atom. The number of anilines is 2. The zero-order chi connectivity index (χ0) is 15.5. The number of halogens is 1. The van der Waals surface area contributed by atoms with Gasteiger partial charge in [0.05, 0.1) is 16.6 Å². The van der Waals surface area contributed by atoms with Crippen LogP contribution in [0.25, 0.3) is 0 Å². The van der Waals surface area contributed by atoms with Crippen LogP contribution in [0.5, 0.6) is 0 Å². The molecule has 6 heteroatoms. The van der Waals surface area contributed by atoms with Crippen molar-refractivity contribution in [3.63, 3.8) is 0 Å². The van der Waals surface area contributed by atoms with Gasteiger partial charge in [-0.1, -0.05) is 24.3 Å². The van der Waals surface area contributed by atoms with Crippen LogP contribution in [0.1, 0.15) is 6.42 Å². The van der Waals surface area contributed by atoms with E-state index < -0.39 is 17.0 Å². The average Bonchev–Trinajstić information content (AvgIpc) is 2.50. The van der Waals surface area contributed by atoms with Gasteiger partial charge >= 0.3 is 0 Å². The lowest BCUT2D eigenvalue weighted by molar-refractivity contribution is -0.120. The number of hydrogen-bond donors (Lipinski definition) is 2. The van der Waals surface area contributed by atoms with Crippen LogP contribution >= 0.6 is 11.8 Å². The third kappa shape index (κ3) is 3.12. The normalized spacial score (nSPS) is 16.6. The van der Waals surface area contributed by atoms with Crippen LogP contribution in [-0.2, 0) is 9.59 Å². The maximum Gasteiger partial charge on any atom is 0.238 e. The number of hydrogen-bond acceptors (Lipinski definition) is 3. The number of fused-ring (bicyclic) bond motifs is 1. The summed E-state index contributed by atoms with van der Waals surface area (Å²) in [5.41, 5.74) is 0.873. The van der Waals surface area contributed by atoms with Gasteiger partial charge in [0.25, 0.3) is 0 Å². The molecule has 2 N–H and O–H groups in total. The fourth-order valence-electron chi connectivity index (χ4n) is 2.16. The van der Waals surface area contributed by atoms with Crippen molar-refractivity contribution in [3.8, 4) is 0 Å². The second kappa shape index (κ2) is 6.19. The molecule has 2 aromatic carbocycles. The molecule has 1 aliphatic rings. The van der Waals surface area contributed by atoms with Gasteiger partial charge in [0.2, 0.25) is 11.8 Å². The van der Waals surface area contributed by atoms with Crippen LogP contribution in [0.15, 0.2) is 53.4 Å². The zero-order valence-electron chi connectivity index (χ0n) is 11.5. The Bertz CT molecular complexity index is 736. The van der Waals surface area contributed by atoms with E-state index in [2.05, 4.69) is 10.6 Å². The van der Waals surface area contributed by atoms with Crippen molar-refractivity contribution >= 4 is 35.0 Å². The molecule has 1 aliphatic heterocycles. The van der Waals surface area contributed by atoms with E-state index in [0.717, 1.165) is 10.6 Å². The van der Waals surface area contributed by atoms with Crippen LogP contribution < -0.4 is 10.6 Å². The average molecular weight is 316 g/mol. The molecule has 0 fully saturated rings. The summed E-state index contributed by atoms with van der Waals surface area (Å²) < 4.78 is 13.5. The summed E-state index contributed by atoms with van der Waals surface area (Å²) in [5, 5.41) is 4.75. The lowest BCUT2D eigenvalue weighted by Crippen LogP contribution is -2.32. The molecule has 112 valence electrons. The monoisotopic (exact) mass is 316 g/mol. The van der Waals surface area contributed by atoms with Gasteiger partial charge in [-0.3, -0.25) is 9.59 Å². The summed E-state index contributed by atoms with van der Waals surface area (Å²) >= 11 is 1.34. The van der Waals surface area contributed by atoms with Gasteiger partial charge in [0, 0.05) is 11.3 Å². The Kier molecular flexibility index (Phi) is 4.11. The molecule has 0 unspecified atom stereocenters. The SMILES string of the molecule is O=C(C[C@H]1Sc2ccccc2NC1=O)Nc1ccccc1F. The molecule has 0 bridgehead atoms. The standard InChI is InChI=1S/C16H13FN2O2S/c17-10-5-1-2-6-11(10)18-15(20)9-14-16(21)19-12-7-3-4-8-13(12)22-14/h1-8,14H,9H2,(H,18,20)(H,19,21)/t14-/m1/s1. The third-order valence-corrected chi connectivity index (χ3v) is 4.50. The van der Waals surface area contributed by atoms with E-state index in [0.29, 0.717) is 0 Å². The molecule has 0 aromatic heterocycles. The topological polar surface area (TPSA) is 58.2 Å². The summed E-state index contributed by atoms with van der Waals surface area (Å²) in [4.78, 5) is 25.0. The van der Waals surface area contributed by atoms with Crippen LogP contribution in [0.4, 0.5) is 15.8 Å². The molecule has 0 aliphatic carbocycles. The number of carbonyl (C=O) groups excluding carboxylic acids is 2. The lowest BCUT2D eigenvalue weighted by atomic mass is 10.2. The minimum Gasteiger partial charge on any atom is -0.324 e. The lowest BCUT2D eigenvalue weighted by Gasteiger charge is -2.23. The van der Waals surface area contributed by atoms with Gasteiger partial charge < -0.3 is 10.6 Å². The summed E-state index contributed by atoms with van der Waals surface area (Å²) in [6.07, 6.45) is -0.0147. The number of amides is 2. The van der Waals surface area contributed by atoms with Gasteiger partial charge in [-0.2, -0.15) is 0 Å². The Morgan fingerprint density at radius 3 is 2.73 bits per heavy atom. The van der Waals surface area contributed by atoms with Crippen LogP contribution in [0.2, 0.25) is 0 Å². The number of rotatable bonds is 3. The van der Waals surface area contributed by atoms with E-state index in [-0.39, 0.29) is 18.0 Å². The van der Waals surface area contributed by atoms with Crippen LogP contribution in [0.3, 0.4) is 0 Å². The van der Waals surface area contributed by atoms with Gasteiger partial charge in [-0.05, 0) is 24.3 Å². The highest BCUT2D eigenvalue weighted by Crippen LogP contribution is 2.36. The Labute approximate surface area is 131 Å². The fraction of sp³-hybridized carbons (Fsp3) is 0.125. The predicted octanol–water partition coefficient (Wildman–Crippen LogP) is 3.27. The molecule has 4 nitrogen and oxygen atoms in total. The second-order valence-corrected chi connectivity index (χ2v) is 6.07. The predicted molar refractivity (Wildman–Crippen MR) is 84.4 cm³/mol. The van der Waals surface area contributed by atoms with Crippen LogP contribution in [-0.4, -0.2) is 17.1 Å². The Balaban J connectivity index is 1.67. The first-order chi connectivity index (χ1) is 10.6. The van der Waals surface area contributed by atoms with Gasteiger partial charge in [-0.25, -0.2) is 4.39 Å². The number of para-hydroxylation sites is 2. The van der Waals surface area contributed by atoms with Crippen molar-refractivity contribution in [2.75, 3.05) is 10.6 Å². The molecule has 22 heavy (non-hydrogen) atoms. The molecular weight excluding hydrogens is 303 g/mol. The second-order valence-electron chi connectivity index (χ2n) is 4.82. The molecule has 0 saturated carbocycles. The summed E-state index contributed by atoms with van der Waals surface area (Å²) in [6.45, 7) is 0. The highest BCUT2D eigenvalue weighted by Gasteiger charge is 2.28. The van der Waals surface area contributed by atoms with Crippen molar-refractivity contribution in [2.24, 2.45) is 0 Å². The number of benzene rings is 2. The third-order valence-electron chi connectivity index (χ3n) is 3.23. The fourth-order valence-corrected chi connectivity index (χ4v) is 3.27. The van der Waals surface area contributed by atoms with E-state index in [4.69, 9.17) is 0 Å². The highest BCUT2D eigenvalue weighted by atomic mass is 32.2. The van der Waals surface area contributed by atoms with E-state index in [9.17, 15) is 14.0 Å². The Morgan fingerprint density at radius 1 is 1.18 bits per heavy atom. The van der Waals surface area contributed by atoms with Crippen molar-refractivity contribution in [3.05, 3.63) is 54.3 Å². The maximum atomic E-state index is 13.5. The largest absolute Gasteiger partial charge is 0.324 e. The molecule has 2 amide bonds. The van der Waals surface area contributed by atoms with E-state index in [1.807, 2.05) is 24.3 Å². The molecule has 0 spiro atoms. The van der Waals surface area contributed by atoms with Crippen molar-refractivity contribution in [1.82, 2.24) is 0 Å². The number of nitrogens with one attached hydrogen (secondary N) is 2. The van der Waals surface area contributed by atoms with Gasteiger partial charge in [0.15, 0.2) is 0 Å². The first-order valence-electron chi connectivity index (χ1n) is 6.74. The summed E-state index contributed by atoms with van der Waals surface area (Å²) in [7, 11) is 0. The molecule has 3 rings (SSSR count). The summed E-state index contributed by atoms with van der Waals surface area (Å²) in [6, 6.07) is 13.4. The maximum absolute atomic E-state index is 13.5. The van der Waals surface area contributed by atoms with Crippen molar-refractivity contribution < 1.29 is 14.0 Å². The number of carbonyl (C=O) groups is 2.